The third-order valence-corrected chi connectivity index (χ3v) is 3.32. The fourth-order valence-corrected chi connectivity index (χ4v) is 2.27. The van der Waals surface area contributed by atoms with Crippen molar-refractivity contribution in [2.75, 3.05) is 27.9 Å². The Hall–Kier alpha value is -2.70. The summed E-state index contributed by atoms with van der Waals surface area (Å²) in [7, 11) is 6.40. The highest BCUT2D eigenvalue weighted by Gasteiger charge is 2.19. The second-order valence-corrected chi connectivity index (χ2v) is 4.67. The Balaban J connectivity index is 2.52. The lowest BCUT2D eigenvalue weighted by Gasteiger charge is -2.14. The van der Waals surface area contributed by atoms with E-state index in [9.17, 15) is 4.79 Å². The summed E-state index contributed by atoms with van der Waals surface area (Å²) in [5.74, 6) is 1.11. The van der Waals surface area contributed by atoms with Gasteiger partial charge in [0.2, 0.25) is 5.75 Å². The molecule has 0 aliphatic carbocycles. The molecule has 1 heterocycles. The van der Waals surface area contributed by atoms with Crippen LogP contribution in [0.4, 0.5) is 0 Å². The monoisotopic (exact) mass is 320 g/mol. The molecule has 2 aromatic rings. The van der Waals surface area contributed by atoms with Crippen LogP contribution < -0.4 is 14.2 Å². The van der Waals surface area contributed by atoms with Crippen LogP contribution in [0, 0.1) is 0 Å². The largest absolute Gasteiger partial charge is 0.493 e. The number of rotatable bonds is 6. The minimum Gasteiger partial charge on any atom is -0.493 e. The summed E-state index contributed by atoms with van der Waals surface area (Å²) in [4.78, 5) is 11.8. The predicted octanol–water partition coefficient (Wildman–Crippen LogP) is 2.29. The molecule has 0 N–H and O–H groups in total. The summed E-state index contributed by atoms with van der Waals surface area (Å²) in [6.45, 7) is 2.05. The number of methoxy groups -OCH3 is 3. The van der Waals surface area contributed by atoms with Gasteiger partial charge in [0.15, 0.2) is 17.2 Å². The molecule has 0 unspecified atom stereocenters. The third kappa shape index (κ3) is 3.23. The van der Waals surface area contributed by atoms with Crippen molar-refractivity contribution < 1.29 is 23.7 Å². The first-order valence-electron chi connectivity index (χ1n) is 7.07. The summed E-state index contributed by atoms with van der Waals surface area (Å²) in [6.07, 6.45) is 0. The average Bonchev–Trinajstić information content (AvgIpc) is 2.95. The van der Waals surface area contributed by atoms with Gasteiger partial charge in [-0.1, -0.05) is 0 Å². The molecule has 2 rings (SSSR count). The Morgan fingerprint density at radius 1 is 1.09 bits per heavy atom. The van der Waals surface area contributed by atoms with Gasteiger partial charge in [0.05, 0.1) is 33.6 Å². The van der Waals surface area contributed by atoms with Gasteiger partial charge in [0.25, 0.3) is 0 Å². The SMILES string of the molecule is CCOC(=O)c1cc(-c2cc(OC)c(OC)c(OC)c2)n(C)n1. The van der Waals surface area contributed by atoms with Gasteiger partial charge in [-0.3, -0.25) is 4.68 Å². The first-order valence-corrected chi connectivity index (χ1v) is 7.07. The number of nitrogens with zero attached hydrogens (tertiary/aromatic N) is 2. The molecule has 0 amide bonds. The van der Waals surface area contributed by atoms with Crippen LogP contribution in [0.15, 0.2) is 18.2 Å². The highest BCUT2D eigenvalue weighted by molar-refractivity contribution is 5.89. The van der Waals surface area contributed by atoms with Gasteiger partial charge in [-0.15, -0.1) is 0 Å². The van der Waals surface area contributed by atoms with E-state index < -0.39 is 5.97 Å². The molecule has 0 saturated carbocycles. The summed E-state index contributed by atoms with van der Waals surface area (Å²) < 4.78 is 22.6. The van der Waals surface area contributed by atoms with Crippen molar-refractivity contribution in [2.24, 2.45) is 7.05 Å². The van der Waals surface area contributed by atoms with Crippen molar-refractivity contribution in [3.8, 4) is 28.5 Å². The molecule has 0 spiro atoms. The quantitative estimate of drug-likeness (QED) is 0.761. The maximum Gasteiger partial charge on any atom is 0.358 e. The molecule has 23 heavy (non-hydrogen) atoms. The van der Waals surface area contributed by atoms with E-state index in [1.807, 2.05) is 0 Å². The van der Waals surface area contributed by atoms with Crippen LogP contribution in [0.5, 0.6) is 17.2 Å². The van der Waals surface area contributed by atoms with Crippen LogP contribution in [0.2, 0.25) is 0 Å². The third-order valence-electron chi connectivity index (χ3n) is 3.32. The maximum atomic E-state index is 11.8. The molecule has 0 aliphatic rings. The summed E-state index contributed by atoms with van der Waals surface area (Å²) in [5, 5.41) is 4.19. The number of benzene rings is 1. The van der Waals surface area contributed by atoms with E-state index in [-0.39, 0.29) is 5.69 Å². The van der Waals surface area contributed by atoms with Gasteiger partial charge in [-0.05, 0) is 25.1 Å². The molecule has 1 aromatic heterocycles. The lowest BCUT2D eigenvalue weighted by atomic mass is 10.1. The van der Waals surface area contributed by atoms with Gasteiger partial charge < -0.3 is 18.9 Å². The van der Waals surface area contributed by atoms with E-state index in [1.165, 1.54) is 0 Å². The molecule has 0 aliphatic heterocycles. The maximum absolute atomic E-state index is 11.8. The number of carbonyl (C=O) groups is 1. The Morgan fingerprint density at radius 2 is 1.70 bits per heavy atom. The van der Waals surface area contributed by atoms with Crippen LogP contribution in [-0.2, 0) is 11.8 Å². The molecule has 7 heteroatoms. The first-order chi connectivity index (χ1) is 11.0. The van der Waals surface area contributed by atoms with E-state index in [4.69, 9.17) is 18.9 Å². The lowest BCUT2D eigenvalue weighted by molar-refractivity contribution is 0.0518. The molecule has 0 radical (unpaired) electrons. The summed E-state index contributed by atoms with van der Waals surface area (Å²) in [5.41, 5.74) is 1.76. The molecule has 7 nitrogen and oxygen atoms in total. The van der Waals surface area contributed by atoms with Crippen molar-refractivity contribution in [2.45, 2.75) is 6.92 Å². The van der Waals surface area contributed by atoms with E-state index in [1.54, 1.807) is 58.2 Å². The predicted molar refractivity (Wildman–Crippen MR) is 84.3 cm³/mol. The number of aryl methyl sites for hydroxylation is 1. The van der Waals surface area contributed by atoms with Crippen molar-refractivity contribution in [3.05, 3.63) is 23.9 Å². The molecule has 0 saturated heterocycles. The molecular formula is C16H20N2O5. The van der Waals surface area contributed by atoms with Gasteiger partial charge in [-0.2, -0.15) is 5.10 Å². The van der Waals surface area contributed by atoms with E-state index >= 15 is 0 Å². The van der Waals surface area contributed by atoms with Crippen molar-refractivity contribution >= 4 is 5.97 Å². The molecular weight excluding hydrogens is 300 g/mol. The molecule has 1 aromatic carbocycles. The Morgan fingerprint density at radius 3 is 2.17 bits per heavy atom. The number of aromatic nitrogens is 2. The zero-order chi connectivity index (χ0) is 17.0. The highest BCUT2D eigenvalue weighted by atomic mass is 16.5. The van der Waals surface area contributed by atoms with Crippen molar-refractivity contribution in [3.63, 3.8) is 0 Å². The van der Waals surface area contributed by atoms with E-state index in [0.717, 1.165) is 11.3 Å². The van der Waals surface area contributed by atoms with Crippen LogP contribution in [0.1, 0.15) is 17.4 Å². The normalized spacial score (nSPS) is 10.3. The van der Waals surface area contributed by atoms with Gasteiger partial charge in [-0.25, -0.2) is 4.79 Å². The van der Waals surface area contributed by atoms with Crippen LogP contribution >= 0.6 is 0 Å². The zero-order valence-electron chi connectivity index (χ0n) is 13.9. The minimum atomic E-state index is -0.457. The van der Waals surface area contributed by atoms with Crippen molar-refractivity contribution in [1.82, 2.24) is 9.78 Å². The fourth-order valence-electron chi connectivity index (χ4n) is 2.27. The van der Waals surface area contributed by atoms with E-state index in [0.29, 0.717) is 23.9 Å². The Kier molecular flexibility index (Phi) is 5.10. The van der Waals surface area contributed by atoms with Crippen LogP contribution in [0.25, 0.3) is 11.3 Å². The van der Waals surface area contributed by atoms with Crippen LogP contribution in [-0.4, -0.2) is 43.7 Å². The molecule has 0 bridgehead atoms. The van der Waals surface area contributed by atoms with Gasteiger partial charge >= 0.3 is 5.97 Å². The lowest BCUT2D eigenvalue weighted by Crippen LogP contribution is -2.05. The molecule has 0 atom stereocenters. The number of hydrogen-bond donors (Lipinski definition) is 0. The number of esters is 1. The topological polar surface area (TPSA) is 71.8 Å². The number of hydrogen-bond acceptors (Lipinski definition) is 6. The summed E-state index contributed by atoms with van der Waals surface area (Å²) in [6, 6.07) is 5.26. The smallest absolute Gasteiger partial charge is 0.358 e. The Bertz CT molecular complexity index is 683. The minimum absolute atomic E-state index is 0.248. The Labute approximate surface area is 134 Å². The zero-order valence-corrected chi connectivity index (χ0v) is 13.9. The summed E-state index contributed by atoms with van der Waals surface area (Å²) >= 11 is 0. The number of ether oxygens (including phenoxy) is 4. The first kappa shape index (κ1) is 16.7. The van der Waals surface area contributed by atoms with Gasteiger partial charge in [0.1, 0.15) is 0 Å². The average molecular weight is 320 g/mol. The van der Waals surface area contributed by atoms with E-state index in [2.05, 4.69) is 5.10 Å². The second kappa shape index (κ2) is 7.04. The van der Waals surface area contributed by atoms with Gasteiger partial charge in [0, 0.05) is 12.6 Å². The van der Waals surface area contributed by atoms with Crippen molar-refractivity contribution in [1.29, 1.82) is 0 Å². The molecule has 0 fully saturated rings. The fraction of sp³-hybridized carbons (Fsp3) is 0.375. The molecule has 124 valence electrons. The van der Waals surface area contributed by atoms with Crippen LogP contribution in [0.3, 0.4) is 0 Å². The highest BCUT2D eigenvalue weighted by Crippen LogP contribution is 2.41. The number of carbonyl (C=O) groups excluding carboxylic acids is 1. The second-order valence-electron chi connectivity index (χ2n) is 4.67. The standard InChI is InChI=1S/C16H20N2O5/c1-6-23-16(19)11-9-12(18(2)17-11)10-7-13(20-3)15(22-5)14(8-10)21-4/h7-9H,6H2,1-5H3.